The van der Waals surface area contributed by atoms with E-state index in [1.165, 1.54) is 32.1 Å². The maximum atomic E-state index is 2.46. The van der Waals surface area contributed by atoms with Gasteiger partial charge in [0.25, 0.3) is 0 Å². The summed E-state index contributed by atoms with van der Waals surface area (Å²) in [5, 5.41) is 0. The summed E-state index contributed by atoms with van der Waals surface area (Å²) in [6.07, 6.45) is 7.12. The molecule has 0 aromatic rings. The molecule has 1 fully saturated rings. The quantitative estimate of drug-likeness (QED) is 0.587. The fourth-order valence-corrected chi connectivity index (χ4v) is 3.28. The summed E-state index contributed by atoms with van der Waals surface area (Å²) in [5.41, 5.74) is 0.629. The van der Waals surface area contributed by atoms with Crippen molar-refractivity contribution in [1.82, 2.24) is 0 Å². The molecule has 1 rings (SSSR count). The normalized spacial score (nSPS) is 30.4. The van der Waals surface area contributed by atoms with Crippen LogP contribution in [0.1, 0.15) is 66.7 Å². The number of hydrogen-bond acceptors (Lipinski definition) is 0. The molecule has 0 aliphatic heterocycles. The highest BCUT2D eigenvalue weighted by atomic mass is 14.5. The highest BCUT2D eigenvalue weighted by Gasteiger charge is 2.46. The first-order valence-corrected chi connectivity index (χ1v) is 6.53. The fraction of sp³-hybridized carbons (Fsp3) is 1.00. The highest BCUT2D eigenvalue weighted by Crippen LogP contribution is 2.54. The minimum absolute atomic E-state index is 0.629. The molecule has 2 atom stereocenters. The monoisotopic (exact) mass is 196 g/mol. The molecular formula is C14H28. The second kappa shape index (κ2) is 4.68. The summed E-state index contributed by atoms with van der Waals surface area (Å²) in [6.45, 7) is 12.0. The summed E-state index contributed by atoms with van der Waals surface area (Å²) in [5.74, 6) is 3.00. The third-order valence-electron chi connectivity index (χ3n) is 4.56. The van der Waals surface area contributed by atoms with Crippen molar-refractivity contribution in [3.8, 4) is 0 Å². The second-order valence-electron chi connectivity index (χ2n) is 5.98. The molecule has 1 saturated carbocycles. The highest BCUT2D eigenvalue weighted by molar-refractivity contribution is 4.95. The van der Waals surface area contributed by atoms with Crippen molar-refractivity contribution >= 4 is 0 Å². The lowest BCUT2D eigenvalue weighted by Crippen LogP contribution is -2.45. The van der Waals surface area contributed by atoms with Crippen LogP contribution in [0.2, 0.25) is 0 Å². The smallest absolute Gasteiger partial charge is 0.0323 e. The van der Waals surface area contributed by atoms with Gasteiger partial charge >= 0.3 is 0 Å². The van der Waals surface area contributed by atoms with Crippen LogP contribution in [0.3, 0.4) is 0 Å². The summed E-state index contributed by atoms with van der Waals surface area (Å²) >= 11 is 0. The van der Waals surface area contributed by atoms with E-state index in [1.807, 2.05) is 0 Å². The first-order chi connectivity index (χ1) is 6.53. The van der Waals surface area contributed by atoms with Gasteiger partial charge in [-0.2, -0.15) is 0 Å². The molecule has 0 nitrogen and oxygen atoms in total. The average Bonchev–Trinajstić information content (AvgIpc) is 2.14. The van der Waals surface area contributed by atoms with E-state index in [2.05, 4.69) is 34.6 Å². The van der Waals surface area contributed by atoms with E-state index in [4.69, 9.17) is 0 Å². The van der Waals surface area contributed by atoms with E-state index >= 15 is 0 Å². The van der Waals surface area contributed by atoms with E-state index in [9.17, 15) is 0 Å². The largest absolute Gasteiger partial charge is 0.0654 e. The van der Waals surface area contributed by atoms with Crippen LogP contribution in [0.25, 0.3) is 0 Å². The first-order valence-electron chi connectivity index (χ1n) is 6.53. The van der Waals surface area contributed by atoms with Crippen molar-refractivity contribution in [1.29, 1.82) is 0 Å². The van der Waals surface area contributed by atoms with E-state index in [0.717, 1.165) is 17.8 Å². The zero-order valence-corrected chi connectivity index (χ0v) is 10.8. The molecule has 0 aromatic heterocycles. The molecule has 1 aliphatic carbocycles. The molecule has 0 N–H and O–H groups in total. The molecule has 0 amide bonds. The van der Waals surface area contributed by atoms with Gasteiger partial charge in [0, 0.05) is 0 Å². The Morgan fingerprint density at radius 1 is 1.14 bits per heavy atom. The van der Waals surface area contributed by atoms with Crippen LogP contribution in [-0.2, 0) is 0 Å². The van der Waals surface area contributed by atoms with E-state index < -0.39 is 0 Å². The van der Waals surface area contributed by atoms with Crippen LogP contribution >= 0.6 is 0 Å². The van der Waals surface area contributed by atoms with Crippen molar-refractivity contribution in [2.45, 2.75) is 66.7 Å². The Hall–Kier alpha value is 0. The standard InChI is InChI=1S/C14H28/c1-6-8-12(9-7-2)13-10-14(4,5)11(13)3/h11-13H,6-10H2,1-5H3. The van der Waals surface area contributed by atoms with Gasteiger partial charge in [-0.1, -0.05) is 60.3 Å². The molecule has 0 saturated heterocycles. The Kier molecular flexibility index (Phi) is 4.04. The average molecular weight is 196 g/mol. The Labute approximate surface area is 90.5 Å². The molecule has 84 valence electrons. The Balaban J connectivity index is 2.46. The summed E-state index contributed by atoms with van der Waals surface area (Å²) in [6, 6.07) is 0. The second-order valence-corrected chi connectivity index (χ2v) is 5.98. The lowest BCUT2D eigenvalue weighted by Gasteiger charge is -2.53. The van der Waals surface area contributed by atoms with Gasteiger partial charge in [0.2, 0.25) is 0 Å². The van der Waals surface area contributed by atoms with Crippen LogP contribution in [0.4, 0.5) is 0 Å². The number of hydrogen-bond donors (Lipinski definition) is 0. The summed E-state index contributed by atoms with van der Waals surface area (Å²) in [4.78, 5) is 0. The van der Waals surface area contributed by atoms with Crippen molar-refractivity contribution in [3.05, 3.63) is 0 Å². The molecule has 0 spiro atoms. The van der Waals surface area contributed by atoms with Gasteiger partial charge in [0.05, 0.1) is 0 Å². The molecule has 0 heterocycles. The van der Waals surface area contributed by atoms with E-state index in [0.29, 0.717) is 5.41 Å². The zero-order chi connectivity index (χ0) is 10.8. The molecular weight excluding hydrogens is 168 g/mol. The minimum atomic E-state index is 0.629. The van der Waals surface area contributed by atoms with Gasteiger partial charge in [-0.15, -0.1) is 0 Å². The maximum Gasteiger partial charge on any atom is -0.0323 e. The molecule has 0 heteroatoms. The SMILES string of the molecule is CCCC(CCC)C1CC(C)(C)C1C. The molecule has 0 aromatic carbocycles. The van der Waals surface area contributed by atoms with Gasteiger partial charge in [-0.25, -0.2) is 0 Å². The van der Waals surface area contributed by atoms with Crippen LogP contribution in [0.5, 0.6) is 0 Å². The van der Waals surface area contributed by atoms with Crippen LogP contribution in [0.15, 0.2) is 0 Å². The predicted molar refractivity (Wildman–Crippen MR) is 64.4 cm³/mol. The molecule has 2 unspecified atom stereocenters. The van der Waals surface area contributed by atoms with Crippen LogP contribution in [0, 0.1) is 23.2 Å². The number of rotatable bonds is 5. The first kappa shape index (κ1) is 12.1. The van der Waals surface area contributed by atoms with Crippen molar-refractivity contribution in [3.63, 3.8) is 0 Å². The minimum Gasteiger partial charge on any atom is -0.0654 e. The topological polar surface area (TPSA) is 0 Å². The van der Waals surface area contributed by atoms with Crippen molar-refractivity contribution < 1.29 is 0 Å². The van der Waals surface area contributed by atoms with Gasteiger partial charge in [-0.3, -0.25) is 0 Å². The third kappa shape index (κ3) is 2.32. The zero-order valence-electron chi connectivity index (χ0n) is 10.8. The van der Waals surface area contributed by atoms with Crippen LogP contribution in [-0.4, -0.2) is 0 Å². The lowest BCUT2D eigenvalue weighted by molar-refractivity contribution is -0.0392. The molecule has 1 aliphatic rings. The molecule has 0 bridgehead atoms. The van der Waals surface area contributed by atoms with E-state index in [1.54, 1.807) is 0 Å². The van der Waals surface area contributed by atoms with Crippen molar-refractivity contribution in [2.75, 3.05) is 0 Å². The Morgan fingerprint density at radius 3 is 1.93 bits per heavy atom. The van der Waals surface area contributed by atoms with Crippen LogP contribution < -0.4 is 0 Å². The Bertz CT molecular complexity index is 163. The van der Waals surface area contributed by atoms with Gasteiger partial charge < -0.3 is 0 Å². The third-order valence-corrected chi connectivity index (χ3v) is 4.56. The summed E-state index contributed by atoms with van der Waals surface area (Å²) in [7, 11) is 0. The fourth-order valence-electron chi connectivity index (χ4n) is 3.28. The van der Waals surface area contributed by atoms with Gasteiger partial charge in [0.15, 0.2) is 0 Å². The van der Waals surface area contributed by atoms with Gasteiger partial charge in [0.1, 0.15) is 0 Å². The summed E-state index contributed by atoms with van der Waals surface area (Å²) < 4.78 is 0. The molecule has 14 heavy (non-hydrogen) atoms. The van der Waals surface area contributed by atoms with E-state index in [-0.39, 0.29) is 0 Å². The van der Waals surface area contributed by atoms with Gasteiger partial charge in [-0.05, 0) is 29.6 Å². The Morgan fingerprint density at radius 2 is 1.64 bits per heavy atom. The molecule has 0 radical (unpaired) electrons. The van der Waals surface area contributed by atoms with Crippen molar-refractivity contribution in [2.24, 2.45) is 23.2 Å². The lowest BCUT2D eigenvalue weighted by atomic mass is 9.52. The maximum absolute atomic E-state index is 2.46. The predicted octanol–water partition coefficient (Wildman–Crippen LogP) is 4.89.